The van der Waals surface area contributed by atoms with Gasteiger partial charge in [0.1, 0.15) is 0 Å². The van der Waals surface area contributed by atoms with Crippen LogP contribution >= 0.6 is 0 Å². The lowest BCUT2D eigenvalue weighted by Crippen LogP contribution is -1.99. The maximum absolute atomic E-state index is 4.21. The maximum atomic E-state index is 4.21. The fourth-order valence-electron chi connectivity index (χ4n) is 1.22. The molecule has 4 heteroatoms. The van der Waals surface area contributed by atoms with Crippen LogP contribution in [-0.2, 0) is 13.6 Å². The Morgan fingerprint density at radius 3 is 3.07 bits per heavy atom. The molecule has 2 heterocycles. The summed E-state index contributed by atoms with van der Waals surface area (Å²) in [5.41, 5.74) is 2.04. The maximum Gasteiger partial charge on any atom is 0.0947 e. The van der Waals surface area contributed by atoms with Gasteiger partial charge in [0.25, 0.3) is 0 Å². The van der Waals surface area contributed by atoms with Crippen LogP contribution in [0.3, 0.4) is 0 Å². The third-order valence-corrected chi connectivity index (χ3v) is 1.89. The van der Waals surface area contributed by atoms with Crippen LogP contribution in [0.1, 0.15) is 5.69 Å². The van der Waals surface area contributed by atoms with E-state index < -0.39 is 0 Å². The van der Waals surface area contributed by atoms with E-state index in [9.17, 15) is 0 Å². The van der Waals surface area contributed by atoms with Gasteiger partial charge >= 0.3 is 0 Å². The van der Waals surface area contributed by atoms with E-state index in [0.717, 1.165) is 17.9 Å². The predicted molar refractivity (Wildman–Crippen MR) is 54.8 cm³/mol. The third kappa shape index (κ3) is 2.10. The number of pyridine rings is 1. The largest absolute Gasteiger partial charge is 0.378 e. The van der Waals surface area contributed by atoms with E-state index in [1.165, 1.54) is 0 Å². The van der Waals surface area contributed by atoms with E-state index in [1.807, 2.05) is 29.9 Å². The number of rotatable bonds is 3. The van der Waals surface area contributed by atoms with Gasteiger partial charge in [-0.05, 0) is 12.1 Å². The summed E-state index contributed by atoms with van der Waals surface area (Å²) >= 11 is 0. The highest BCUT2D eigenvalue weighted by molar-refractivity contribution is 5.39. The normalized spacial score (nSPS) is 10.1. The van der Waals surface area contributed by atoms with Gasteiger partial charge in [-0.1, -0.05) is 0 Å². The molecule has 0 spiro atoms. The first-order chi connectivity index (χ1) is 6.84. The lowest BCUT2D eigenvalue weighted by molar-refractivity contribution is 0.912. The highest BCUT2D eigenvalue weighted by atomic mass is 15.0. The summed E-state index contributed by atoms with van der Waals surface area (Å²) in [7, 11) is 1.96. The quantitative estimate of drug-likeness (QED) is 0.792. The second kappa shape index (κ2) is 3.91. The molecule has 2 aromatic heterocycles. The minimum Gasteiger partial charge on any atom is -0.378 e. The van der Waals surface area contributed by atoms with Crippen molar-refractivity contribution in [2.75, 3.05) is 5.32 Å². The van der Waals surface area contributed by atoms with Gasteiger partial charge in [-0.25, -0.2) is 4.98 Å². The Labute approximate surface area is 82.6 Å². The molecule has 0 amide bonds. The summed E-state index contributed by atoms with van der Waals surface area (Å²) in [4.78, 5) is 8.22. The van der Waals surface area contributed by atoms with Crippen molar-refractivity contribution < 1.29 is 0 Å². The number of hydrogen-bond donors (Lipinski definition) is 1. The number of imidazole rings is 1. The minimum absolute atomic E-state index is 0.729. The molecule has 2 aromatic rings. The molecular formula is C10H12N4. The Hall–Kier alpha value is -1.84. The average Bonchev–Trinajstić information content (AvgIpc) is 2.63. The molecule has 0 saturated carbocycles. The minimum atomic E-state index is 0.729. The molecule has 14 heavy (non-hydrogen) atoms. The van der Waals surface area contributed by atoms with Crippen LogP contribution in [0.15, 0.2) is 37.1 Å². The molecular weight excluding hydrogens is 176 g/mol. The van der Waals surface area contributed by atoms with E-state index in [2.05, 4.69) is 15.3 Å². The van der Waals surface area contributed by atoms with Gasteiger partial charge in [0.05, 0.1) is 24.3 Å². The molecule has 0 aromatic carbocycles. The van der Waals surface area contributed by atoms with Crippen molar-refractivity contribution in [2.45, 2.75) is 6.54 Å². The smallest absolute Gasteiger partial charge is 0.0947 e. The van der Waals surface area contributed by atoms with Crippen LogP contribution in [0, 0.1) is 0 Å². The Kier molecular flexibility index (Phi) is 2.44. The van der Waals surface area contributed by atoms with Crippen LogP contribution in [0.25, 0.3) is 0 Å². The van der Waals surface area contributed by atoms with E-state index in [4.69, 9.17) is 0 Å². The topological polar surface area (TPSA) is 42.7 Å². The fraction of sp³-hybridized carbons (Fsp3) is 0.200. The van der Waals surface area contributed by atoms with Crippen molar-refractivity contribution in [3.05, 3.63) is 42.7 Å². The Morgan fingerprint density at radius 2 is 2.43 bits per heavy atom. The molecule has 0 saturated heterocycles. The number of aryl methyl sites for hydroxylation is 1. The number of hydrogen-bond acceptors (Lipinski definition) is 3. The van der Waals surface area contributed by atoms with Crippen molar-refractivity contribution in [1.29, 1.82) is 0 Å². The molecule has 0 fully saturated rings. The van der Waals surface area contributed by atoms with Gasteiger partial charge in [-0.2, -0.15) is 0 Å². The second-order valence-electron chi connectivity index (χ2n) is 3.13. The lowest BCUT2D eigenvalue weighted by atomic mass is 10.4. The summed E-state index contributed by atoms with van der Waals surface area (Å²) in [6.45, 7) is 0.729. The number of nitrogens with one attached hydrogen (secondary N) is 1. The lowest BCUT2D eigenvalue weighted by Gasteiger charge is -2.02. The second-order valence-corrected chi connectivity index (χ2v) is 3.13. The van der Waals surface area contributed by atoms with Crippen LogP contribution in [-0.4, -0.2) is 14.5 Å². The van der Waals surface area contributed by atoms with Crippen molar-refractivity contribution in [3.8, 4) is 0 Å². The highest BCUT2D eigenvalue weighted by Crippen LogP contribution is 2.04. The van der Waals surface area contributed by atoms with Crippen LogP contribution in [0.2, 0.25) is 0 Å². The highest BCUT2D eigenvalue weighted by Gasteiger charge is 1.95. The Balaban J connectivity index is 1.95. The van der Waals surface area contributed by atoms with Gasteiger partial charge in [0, 0.05) is 25.6 Å². The molecule has 0 unspecified atom stereocenters. The first-order valence-corrected chi connectivity index (χ1v) is 4.45. The summed E-state index contributed by atoms with van der Waals surface area (Å²) < 4.78 is 1.93. The van der Waals surface area contributed by atoms with Crippen LogP contribution in [0.4, 0.5) is 5.69 Å². The summed E-state index contributed by atoms with van der Waals surface area (Å²) in [6, 6.07) is 3.89. The monoisotopic (exact) mass is 188 g/mol. The van der Waals surface area contributed by atoms with Gasteiger partial charge in [0.15, 0.2) is 0 Å². The molecule has 0 radical (unpaired) electrons. The van der Waals surface area contributed by atoms with E-state index in [-0.39, 0.29) is 0 Å². The first-order valence-electron chi connectivity index (χ1n) is 4.45. The zero-order valence-corrected chi connectivity index (χ0v) is 8.01. The summed E-state index contributed by atoms with van der Waals surface area (Å²) in [6.07, 6.45) is 7.33. The molecule has 0 bridgehead atoms. The van der Waals surface area contributed by atoms with E-state index in [1.54, 1.807) is 18.7 Å². The van der Waals surface area contributed by atoms with Gasteiger partial charge in [0.2, 0.25) is 0 Å². The van der Waals surface area contributed by atoms with Crippen LogP contribution in [0.5, 0.6) is 0 Å². The molecule has 4 nitrogen and oxygen atoms in total. The van der Waals surface area contributed by atoms with Crippen molar-refractivity contribution >= 4 is 5.69 Å². The Bertz CT molecular complexity index is 394. The average molecular weight is 188 g/mol. The standard InChI is InChI=1S/C10H12N4/c1-14-7-10(13-8-14)6-12-9-3-2-4-11-5-9/h2-5,7-8,12H,6H2,1H3. The molecule has 72 valence electrons. The SMILES string of the molecule is Cn1cnc(CNc2cccnc2)c1. The molecule has 0 aliphatic heterocycles. The number of aromatic nitrogens is 3. The van der Waals surface area contributed by atoms with Gasteiger partial charge < -0.3 is 9.88 Å². The number of anilines is 1. The van der Waals surface area contributed by atoms with Crippen molar-refractivity contribution in [2.24, 2.45) is 7.05 Å². The summed E-state index contributed by atoms with van der Waals surface area (Å²) in [5, 5.41) is 3.24. The molecule has 0 aliphatic carbocycles. The van der Waals surface area contributed by atoms with Crippen LogP contribution < -0.4 is 5.32 Å². The number of nitrogens with zero attached hydrogens (tertiary/aromatic N) is 3. The zero-order chi connectivity index (χ0) is 9.80. The van der Waals surface area contributed by atoms with Crippen molar-refractivity contribution in [1.82, 2.24) is 14.5 Å². The summed E-state index contributed by atoms with van der Waals surface area (Å²) in [5.74, 6) is 0. The van der Waals surface area contributed by atoms with E-state index in [0.29, 0.717) is 0 Å². The van der Waals surface area contributed by atoms with E-state index >= 15 is 0 Å². The molecule has 1 N–H and O–H groups in total. The zero-order valence-electron chi connectivity index (χ0n) is 8.01. The van der Waals surface area contributed by atoms with Gasteiger partial charge in [-0.15, -0.1) is 0 Å². The van der Waals surface area contributed by atoms with Gasteiger partial charge in [-0.3, -0.25) is 4.98 Å². The third-order valence-electron chi connectivity index (χ3n) is 1.89. The fourth-order valence-corrected chi connectivity index (χ4v) is 1.22. The molecule has 2 rings (SSSR count). The predicted octanol–water partition coefficient (Wildman–Crippen LogP) is 1.43. The first kappa shape index (κ1) is 8.74. The van der Waals surface area contributed by atoms with Crippen molar-refractivity contribution in [3.63, 3.8) is 0 Å². The molecule has 0 atom stereocenters. The molecule has 0 aliphatic rings. The Morgan fingerprint density at radius 1 is 1.50 bits per heavy atom.